The van der Waals surface area contributed by atoms with Gasteiger partial charge < -0.3 is 15.2 Å². The molecule has 0 aliphatic rings. The second kappa shape index (κ2) is 9.74. The quantitative estimate of drug-likeness (QED) is 0.470. The molecule has 4 N–H and O–H groups in total. The maximum atomic E-state index is 12.2. The summed E-state index contributed by atoms with van der Waals surface area (Å²) in [6.07, 6.45) is 0. The number of para-hydroxylation sites is 2. The Labute approximate surface area is 172 Å². The molecule has 0 bridgehead atoms. The smallest absolute Gasteiger partial charge is 0.273 e. The van der Waals surface area contributed by atoms with Crippen LogP contribution >= 0.6 is 0 Å². The fourth-order valence-corrected chi connectivity index (χ4v) is 2.47. The van der Waals surface area contributed by atoms with Crippen LogP contribution in [0.4, 0.5) is 0 Å². The van der Waals surface area contributed by atoms with Crippen LogP contribution in [0, 0.1) is 0 Å². The highest BCUT2D eigenvalue weighted by Gasteiger charge is 2.12. The second-order valence-electron chi connectivity index (χ2n) is 6.14. The van der Waals surface area contributed by atoms with Crippen LogP contribution < -0.4 is 20.9 Å². The van der Waals surface area contributed by atoms with Crippen molar-refractivity contribution >= 4 is 17.7 Å². The van der Waals surface area contributed by atoms with Gasteiger partial charge in [0.15, 0.2) is 0 Å². The monoisotopic (exact) mass is 405 g/mol. The van der Waals surface area contributed by atoms with E-state index in [1.165, 1.54) is 12.1 Å². The predicted octanol–water partition coefficient (Wildman–Crippen LogP) is 2.38. The minimum absolute atomic E-state index is 0.0136. The Balaban J connectivity index is 1.45. The summed E-state index contributed by atoms with van der Waals surface area (Å²) in [5.41, 5.74) is 4.70. The Morgan fingerprint density at radius 1 is 0.733 bits per heavy atom. The molecule has 8 heteroatoms. The van der Waals surface area contributed by atoms with Gasteiger partial charge >= 0.3 is 0 Å². The average molecular weight is 405 g/mol. The third kappa shape index (κ3) is 5.59. The number of benzene rings is 3. The lowest BCUT2D eigenvalue weighted by Crippen LogP contribution is -2.46. The van der Waals surface area contributed by atoms with Gasteiger partial charge in [0.05, 0.1) is 12.1 Å². The van der Waals surface area contributed by atoms with Crippen molar-refractivity contribution in [2.75, 3.05) is 6.54 Å². The molecule has 0 atom stereocenters. The number of rotatable bonds is 6. The van der Waals surface area contributed by atoms with E-state index < -0.39 is 17.7 Å². The number of carbonyl (C=O) groups is 3. The van der Waals surface area contributed by atoms with Gasteiger partial charge in [0.2, 0.25) is 0 Å². The van der Waals surface area contributed by atoms with Crippen molar-refractivity contribution in [1.29, 1.82) is 0 Å². The molecule has 0 aliphatic carbocycles. The Bertz CT molecular complexity index is 1040. The van der Waals surface area contributed by atoms with Crippen molar-refractivity contribution in [2.24, 2.45) is 0 Å². The summed E-state index contributed by atoms with van der Waals surface area (Å²) in [7, 11) is 0. The molecule has 30 heavy (non-hydrogen) atoms. The fraction of sp³-hybridized carbons (Fsp3) is 0.0455. The highest BCUT2D eigenvalue weighted by Crippen LogP contribution is 2.21. The number of hydrazine groups is 1. The zero-order valence-corrected chi connectivity index (χ0v) is 15.8. The lowest BCUT2D eigenvalue weighted by molar-refractivity contribution is -0.120. The molecular formula is C22H19N3O5. The molecule has 0 unspecified atom stereocenters. The van der Waals surface area contributed by atoms with Crippen molar-refractivity contribution < 1.29 is 24.2 Å². The van der Waals surface area contributed by atoms with Crippen molar-refractivity contribution in [3.63, 3.8) is 0 Å². The molecule has 8 nitrogen and oxygen atoms in total. The number of amides is 3. The number of aromatic hydroxyl groups is 1. The number of phenols is 1. The average Bonchev–Trinajstić information content (AvgIpc) is 2.77. The van der Waals surface area contributed by atoms with Crippen molar-refractivity contribution in [3.05, 3.63) is 90.0 Å². The number of hydrogen-bond acceptors (Lipinski definition) is 5. The summed E-state index contributed by atoms with van der Waals surface area (Å²) in [6.45, 7) is -0.345. The van der Waals surface area contributed by atoms with Crippen LogP contribution in [0.25, 0.3) is 0 Å². The van der Waals surface area contributed by atoms with Crippen LogP contribution in [-0.4, -0.2) is 29.4 Å². The largest absolute Gasteiger partial charge is 0.507 e. The first-order valence-corrected chi connectivity index (χ1v) is 9.01. The van der Waals surface area contributed by atoms with Crippen molar-refractivity contribution in [1.82, 2.24) is 16.2 Å². The Morgan fingerprint density at radius 2 is 1.37 bits per heavy atom. The van der Waals surface area contributed by atoms with Crippen LogP contribution in [0.15, 0.2) is 78.9 Å². The van der Waals surface area contributed by atoms with E-state index in [0.29, 0.717) is 17.1 Å². The van der Waals surface area contributed by atoms with E-state index in [2.05, 4.69) is 16.2 Å². The fourth-order valence-electron chi connectivity index (χ4n) is 2.47. The topological polar surface area (TPSA) is 117 Å². The molecule has 0 fully saturated rings. The molecule has 0 aliphatic heterocycles. The molecule has 0 spiro atoms. The lowest BCUT2D eigenvalue weighted by Gasteiger charge is -2.10. The maximum Gasteiger partial charge on any atom is 0.273 e. The van der Waals surface area contributed by atoms with Gasteiger partial charge in [-0.15, -0.1) is 0 Å². The summed E-state index contributed by atoms with van der Waals surface area (Å²) in [5, 5.41) is 12.1. The molecule has 3 amide bonds. The van der Waals surface area contributed by atoms with E-state index in [4.69, 9.17) is 4.74 Å². The van der Waals surface area contributed by atoms with E-state index in [1.54, 1.807) is 36.4 Å². The van der Waals surface area contributed by atoms with E-state index >= 15 is 0 Å². The van der Waals surface area contributed by atoms with Crippen LogP contribution in [0.3, 0.4) is 0 Å². The molecule has 3 aromatic rings. The number of phenolic OH excluding ortho intramolecular Hbond substituents is 1. The standard InChI is InChI=1S/C22H19N3O5/c26-19-9-5-4-8-18(19)22(29)25-24-20(27)14-23-21(28)15-10-12-17(13-11-15)30-16-6-2-1-3-7-16/h1-13,26H,14H2,(H,23,28)(H,24,27)(H,25,29). The molecular weight excluding hydrogens is 386 g/mol. The van der Waals surface area contributed by atoms with Crippen LogP contribution in [0.1, 0.15) is 20.7 Å². The van der Waals surface area contributed by atoms with Gasteiger partial charge in [-0.2, -0.15) is 0 Å². The first-order valence-electron chi connectivity index (χ1n) is 9.01. The normalized spacial score (nSPS) is 10.0. The molecule has 3 rings (SSSR count). The van der Waals surface area contributed by atoms with Crippen LogP contribution in [-0.2, 0) is 4.79 Å². The van der Waals surface area contributed by atoms with Gasteiger partial charge in [-0.3, -0.25) is 25.2 Å². The van der Waals surface area contributed by atoms with Gasteiger partial charge in [0, 0.05) is 5.56 Å². The number of ether oxygens (including phenoxy) is 1. The van der Waals surface area contributed by atoms with Crippen molar-refractivity contribution in [3.8, 4) is 17.2 Å². The molecule has 0 heterocycles. The minimum atomic E-state index is -0.679. The van der Waals surface area contributed by atoms with E-state index in [9.17, 15) is 19.5 Å². The minimum Gasteiger partial charge on any atom is -0.507 e. The van der Waals surface area contributed by atoms with Gasteiger partial charge in [0.25, 0.3) is 17.7 Å². The molecule has 0 saturated heterocycles. The molecule has 0 aromatic heterocycles. The first kappa shape index (κ1) is 20.4. The summed E-state index contributed by atoms with van der Waals surface area (Å²) >= 11 is 0. The van der Waals surface area contributed by atoms with Gasteiger partial charge in [-0.25, -0.2) is 0 Å². The zero-order chi connectivity index (χ0) is 21.3. The SMILES string of the molecule is O=C(CNC(=O)c1ccc(Oc2ccccc2)cc1)NNC(=O)c1ccccc1O. The number of nitrogens with one attached hydrogen (secondary N) is 3. The summed E-state index contributed by atoms with van der Waals surface area (Å²) < 4.78 is 5.66. The summed E-state index contributed by atoms with van der Waals surface area (Å²) in [4.78, 5) is 35.9. The highest BCUT2D eigenvalue weighted by molar-refractivity contribution is 5.99. The van der Waals surface area contributed by atoms with Crippen LogP contribution in [0.5, 0.6) is 17.2 Å². The number of carbonyl (C=O) groups excluding carboxylic acids is 3. The highest BCUT2D eigenvalue weighted by atomic mass is 16.5. The van der Waals surface area contributed by atoms with E-state index in [-0.39, 0.29) is 17.9 Å². The third-order valence-corrected chi connectivity index (χ3v) is 3.97. The summed E-state index contributed by atoms with van der Waals surface area (Å²) in [5.74, 6) is -0.724. The second-order valence-corrected chi connectivity index (χ2v) is 6.14. The Morgan fingerprint density at radius 3 is 2.07 bits per heavy atom. The number of hydrogen-bond donors (Lipinski definition) is 4. The van der Waals surface area contributed by atoms with Gasteiger partial charge in [-0.1, -0.05) is 30.3 Å². The zero-order valence-electron chi connectivity index (χ0n) is 15.8. The third-order valence-electron chi connectivity index (χ3n) is 3.97. The molecule has 3 aromatic carbocycles. The molecule has 0 radical (unpaired) electrons. The predicted molar refractivity (Wildman–Crippen MR) is 109 cm³/mol. The van der Waals surface area contributed by atoms with E-state index in [1.807, 2.05) is 30.3 Å². The van der Waals surface area contributed by atoms with Crippen molar-refractivity contribution in [2.45, 2.75) is 0 Å². The first-order chi connectivity index (χ1) is 14.5. The lowest BCUT2D eigenvalue weighted by atomic mass is 10.2. The maximum absolute atomic E-state index is 12.2. The molecule has 0 saturated carbocycles. The molecule has 152 valence electrons. The van der Waals surface area contributed by atoms with Crippen LogP contribution in [0.2, 0.25) is 0 Å². The Hall–Kier alpha value is -4.33. The van der Waals surface area contributed by atoms with Gasteiger partial charge in [-0.05, 0) is 48.5 Å². The van der Waals surface area contributed by atoms with Gasteiger partial charge in [0.1, 0.15) is 17.2 Å². The Kier molecular flexibility index (Phi) is 6.63. The summed E-state index contributed by atoms with van der Waals surface area (Å²) in [6, 6.07) is 21.6. The van der Waals surface area contributed by atoms with E-state index in [0.717, 1.165) is 0 Å².